The van der Waals surface area contributed by atoms with Gasteiger partial charge in [0.15, 0.2) is 17.4 Å². The molecule has 0 aliphatic carbocycles. The van der Waals surface area contributed by atoms with Crippen molar-refractivity contribution in [3.8, 4) is 5.75 Å². The van der Waals surface area contributed by atoms with Crippen molar-refractivity contribution in [3.63, 3.8) is 0 Å². The number of methoxy groups -OCH3 is 1. The number of ether oxygens (including phenoxy) is 2. The number of esters is 2. The van der Waals surface area contributed by atoms with E-state index in [1.807, 2.05) is 0 Å². The van der Waals surface area contributed by atoms with E-state index in [4.69, 9.17) is 9.47 Å². The van der Waals surface area contributed by atoms with Crippen molar-refractivity contribution in [2.75, 3.05) is 19.5 Å². The minimum atomic E-state index is -1.21. The molecule has 1 atom stereocenters. The molecule has 162 valence electrons. The standard InChI is InChI=1S/C22H18F3NO4S/c1-12(13-6-4-3-5-7-13)21(27)30-19-14-10-15(24)16(25)11-17(14)26-20(31-9-8-23)18(19)22(28)29-2/h3-7,10-12H,8-9H2,1-2H3/t12-/m1/s1. The zero-order valence-electron chi connectivity index (χ0n) is 16.7. The van der Waals surface area contributed by atoms with Crippen LogP contribution in [0.1, 0.15) is 28.8 Å². The van der Waals surface area contributed by atoms with Crippen LogP contribution in [-0.4, -0.2) is 36.5 Å². The fraction of sp³-hybridized carbons (Fsp3) is 0.227. The summed E-state index contributed by atoms with van der Waals surface area (Å²) in [4.78, 5) is 29.5. The van der Waals surface area contributed by atoms with Crippen molar-refractivity contribution in [2.45, 2.75) is 17.9 Å². The molecule has 3 rings (SSSR count). The van der Waals surface area contributed by atoms with E-state index in [1.54, 1.807) is 37.3 Å². The summed E-state index contributed by atoms with van der Waals surface area (Å²) in [6, 6.07) is 10.4. The number of hydrogen-bond acceptors (Lipinski definition) is 6. The summed E-state index contributed by atoms with van der Waals surface area (Å²) in [7, 11) is 1.11. The number of pyridine rings is 1. The predicted molar refractivity (Wildman–Crippen MR) is 110 cm³/mol. The van der Waals surface area contributed by atoms with Gasteiger partial charge < -0.3 is 9.47 Å². The van der Waals surface area contributed by atoms with Crippen molar-refractivity contribution in [2.24, 2.45) is 0 Å². The van der Waals surface area contributed by atoms with Crippen LogP contribution < -0.4 is 4.74 Å². The predicted octanol–water partition coefficient (Wildman–Crippen LogP) is 5.07. The summed E-state index contributed by atoms with van der Waals surface area (Å²) >= 11 is 0.867. The van der Waals surface area contributed by atoms with E-state index in [0.29, 0.717) is 5.56 Å². The highest BCUT2D eigenvalue weighted by Crippen LogP contribution is 2.37. The number of carbonyl (C=O) groups excluding carboxylic acids is 2. The van der Waals surface area contributed by atoms with Gasteiger partial charge in [-0.25, -0.2) is 18.6 Å². The molecule has 31 heavy (non-hydrogen) atoms. The van der Waals surface area contributed by atoms with Gasteiger partial charge in [0, 0.05) is 17.2 Å². The summed E-state index contributed by atoms with van der Waals surface area (Å²) in [5, 5.41) is -0.101. The van der Waals surface area contributed by atoms with Crippen molar-refractivity contribution in [1.29, 1.82) is 0 Å². The number of nitrogens with zero attached hydrogens (tertiary/aromatic N) is 1. The zero-order valence-corrected chi connectivity index (χ0v) is 17.5. The van der Waals surface area contributed by atoms with Gasteiger partial charge in [-0.3, -0.25) is 9.18 Å². The number of fused-ring (bicyclic) bond motifs is 1. The first-order chi connectivity index (χ1) is 14.9. The number of rotatable bonds is 7. The molecule has 1 heterocycles. The lowest BCUT2D eigenvalue weighted by Crippen LogP contribution is -2.19. The zero-order chi connectivity index (χ0) is 22.5. The second-order valence-corrected chi connectivity index (χ2v) is 7.57. The van der Waals surface area contributed by atoms with Gasteiger partial charge in [0.2, 0.25) is 0 Å². The number of thioether (sulfide) groups is 1. The van der Waals surface area contributed by atoms with Crippen molar-refractivity contribution in [3.05, 3.63) is 65.2 Å². The maximum Gasteiger partial charge on any atom is 0.344 e. The summed E-state index contributed by atoms with van der Waals surface area (Å²) < 4.78 is 50.9. The topological polar surface area (TPSA) is 65.5 Å². The highest BCUT2D eigenvalue weighted by molar-refractivity contribution is 7.99. The third-order valence-electron chi connectivity index (χ3n) is 4.51. The highest BCUT2D eigenvalue weighted by atomic mass is 32.2. The van der Waals surface area contributed by atoms with Crippen LogP contribution >= 0.6 is 11.8 Å². The van der Waals surface area contributed by atoms with Crippen LogP contribution in [0.5, 0.6) is 5.75 Å². The van der Waals surface area contributed by atoms with Gasteiger partial charge in [0.05, 0.1) is 25.2 Å². The number of carbonyl (C=O) groups is 2. The lowest BCUT2D eigenvalue weighted by molar-refractivity contribution is -0.135. The van der Waals surface area contributed by atoms with Gasteiger partial charge in [0.1, 0.15) is 10.6 Å². The molecule has 0 fully saturated rings. The van der Waals surface area contributed by atoms with E-state index in [1.165, 1.54) is 0 Å². The Hall–Kier alpha value is -3.07. The Morgan fingerprint density at radius 2 is 1.81 bits per heavy atom. The minimum absolute atomic E-state index is 0.0156. The molecule has 3 aromatic rings. The van der Waals surface area contributed by atoms with E-state index in [-0.39, 0.29) is 33.0 Å². The maximum absolute atomic E-state index is 14.0. The van der Waals surface area contributed by atoms with Crippen LogP contribution in [0.4, 0.5) is 13.2 Å². The van der Waals surface area contributed by atoms with Crippen LogP contribution in [0.25, 0.3) is 10.9 Å². The molecule has 5 nitrogen and oxygen atoms in total. The first-order valence-electron chi connectivity index (χ1n) is 9.23. The van der Waals surface area contributed by atoms with Gasteiger partial charge in [-0.05, 0) is 18.6 Å². The van der Waals surface area contributed by atoms with Crippen LogP contribution in [0.3, 0.4) is 0 Å². The molecule has 0 spiro atoms. The van der Waals surface area contributed by atoms with Gasteiger partial charge >= 0.3 is 11.9 Å². The van der Waals surface area contributed by atoms with E-state index in [0.717, 1.165) is 31.0 Å². The number of hydrogen-bond donors (Lipinski definition) is 0. The van der Waals surface area contributed by atoms with Crippen LogP contribution in [-0.2, 0) is 9.53 Å². The summed E-state index contributed by atoms with van der Waals surface area (Å²) in [5.74, 6) is -5.09. The Morgan fingerprint density at radius 3 is 2.45 bits per heavy atom. The quantitative estimate of drug-likeness (QED) is 0.371. The Labute approximate surface area is 180 Å². The molecule has 0 amide bonds. The number of halogens is 3. The third kappa shape index (κ3) is 4.82. The average Bonchev–Trinajstić information content (AvgIpc) is 2.78. The molecule has 0 saturated carbocycles. The molecule has 9 heteroatoms. The van der Waals surface area contributed by atoms with Crippen LogP contribution in [0, 0.1) is 11.6 Å². The van der Waals surface area contributed by atoms with Crippen LogP contribution in [0.15, 0.2) is 47.5 Å². The smallest absolute Gasteiger partial charge is 0.344 e. The second-order valence-electron chi connectivity index (χ2n) is 6.49. The summed E-state index contributed by atoms with van der Waals surface area (Å²) in [6.45, 7) is 0.890. The average molecular weight is 449 g/mol. The fourth-order valence-electron chi connectivity index (χ4n) is 2.90. The molecule has 1 aromatic heterocycles. The maximum atomic E-state index is 14.0. The summed E-state index contributed by atoms with van der Waals surface area (Å²) in [6.07, 6.45) is 0. The van der Waals surface area contributed by atoms with Crippen LogP contribution in [0.2, 0.25) is 0 Å². The van der Waals surface area contributed by atoms with E-state index < -0.39 is 36.2 Å². The van der Waals surface area contributed by atoms with Gasteiger partial charge in [-0.1, -0.05) is 30.3 Å². The van der Waals surface area contributed by atoms with Crippen molar-refractivity contribution in [1.82, 2.24) is 4.98 Å². The van der Waals surface area contributed by atoms with E-state index >= 15 is 0 Å². The second kappa shape index (κ2) is 9.82. The highest BCUT2D eigenvalue weighted by Gasteiger charge is 2.28. The Kier molecular flexibility index (Phi) is 7.17. The molecular weight excluding hydrogens is 431 g/mol. The van der Waals surface area contributed by atoms with Gasteiger partial charge in [-0.2, -0.15) is 0 Å². The first kappa shape index (κ1) is 22.6. The molecule has 0 N–H and O–H groups in total. The molecule has 0 radical (unpaired) electrons. The number of benzene rings is 2. The lowest BCUT2D eigenvalue weighted by Gasteiger charge is -2.17. The largest absolute Gasteiger partial charge is 0.465 e. The van der Waals surface area contributed by atoms with Gasteiger partial charge in [-0.15, -0.1) is 11.8 Å². The molecule has 0 saturated heterocycles. The number of alkyl halides is 1. The van der Waals surface area contributed by atoms with Crippen molar-refractivity contribution < 1.29 is 32.2 Å². The molecule has 0 aliphatic heterocycles. The Balaban J connectivity index is 2.19. The first-order valence-corrected chi connectivity index (χ1v) is 10.2. The third-order valence-corrected chi connectivity index (χ3v) is 5.43. The van der Waals surface area contributed by atoms with Crippen molar-refractivity contribution >= 4 is 34.6 Å². The molecule has 2 aromatic carbocycles. The van der Waals surface area contributed by atoms with E-state index in [9.17, 15) is 22.8 Å². The summed E-state index contributed by atoms with van der Waals surface area (Å²) in [5.41, 5.74) is 0.353. The monoisotopic (exact) mass is 449 g/mol. The molecular formula is C22H18F3NO4S. The Bertz CT molecular complexity index is 1120. The molecule has 0 bridgehead atoms. The SMILES string of the molecule is COC(=O)c1c(SCCF)nc2cc(F)c(F)cc2c1OC(=O)[C@H](C)c1ccccc1. The fourth-order valence-corrected chi connectivity index (χ4v) is 3.66. The molecule has 0 unspecified atom stereocenters. The number of aromatic nitrogens is 1. The van der Waals surface area contributed by atoms with Gasteiger partial charge in [0.25, 0.3) is 0 Å². The minimum Gasteiger partial charge on any atom is -0.465 e. The molecule has 0 aliphatic rings. The Morgan fingerprint density at radius 1 is 1.13 bits per heavy atom. The lowest BCUT2D eigenvalue weighted by atomic mass is 10.0. The van der Waals surface area contributed by atoms with E-state index in [2.05, 4.69) is 4.98 Å². The normalized spacial score (nSPS) is 11.9.